The predicted molar refractivity (Wildman–Crippen MR) is 87.7 cm³/mol. The minimum atomic E-state index is 0.230. The van der Waals surface area contributed by atoms with Gasteiger partial charge in [0.25, 0.3) is 0 Å². The van der Waals surface area contributed by atoms with Gasteiger partial charge in [-0.25, -0.2) is 0 Å². The van der Waals surface area contributed by atoms with Crippen molar-refractivity contribution in [1.82, 2.24) is 5.32 Å². The molecule has 0 radical (unpaired) electrons. The molecule has 1 saturated carbocycles. The van der Waals surface area contributed by atoms with Gasteiger partial charge in [-0.1, -0.05) is 71.9 Å². The van der Waals surface area contributed by atoms with E-state index in [2.05, 4.69) is 77.2 Å². The SMILES string of the molecule is CC1CC(C)(C)CC1NC(c1ccccc1)C(C)(C)C. The van der Waals surface area contributed by atoms with E-state index < -0.39 is 0 Å². The monoisotopic (exact) mass is 273 g/mol. The summed E-state index contributed by atoms with van der Waals surface area (Å²) in [6.07, 6.45) is 2.61. The minimum absolute atomic E-state index is 0.230. The fourth-order valence-corrected chi connectivity index (χ4v) is 3.82. The highest BCUT2D eigenvalue weighted by atomic mass is 15.0. The molecule has 20 heavy (non-hydrogen) atoms. The average Bonchev–Trinajstić information content (AvgIpc) is 2.59. The summed E-state index contributed by atoms with van der Waals surface area (Å²) < 4.78 is 0. The third-order valence-corrected chi connectivity index (χ3v) is 4.71. The van der Waals surface area contributed by atoms with Crippen LogP contribution in [0.4, 0.5) is 0 Å². The zero-order chi connectivity index (χ0) is 15.0. The lowest BCUT2D eigenvalue weighted by molar-refractivity contribution is 0.231. The normalized spacial score (nSPS) is 27.5. The van der Waals surface area contributed by atoms with Crippen LogP contribution in [-0.4, -0.2) is 6.04 Å². The molecule has 0 aliphatic heterocycles. The topological polar surface area (TPSA) is 12.0 Å². The molecule has 0 aromatic heterocycles. The molecule has 1 heteroatoms. The molecule has 1 aliphatic rings. The first kappa shape index (κ1) is 15.6. The van der Waals surface area contributed by atoms with E-state index in [0.29, 0.717) is 17.5 Å². The zero-order valence-electron chi connectivity index (χ0n) is 14.0. The number of hydrogen-bond donors (Lipinski definition) is 1. The maximum Gasteiger partial charge on any atom is 0.0371 e. The lowest BCUT2D eigenvalue weighted by atomic mass is 9.81. The van der Waals surface area contributed by atoms with E-state index in [-0.39, 0.29) is 5.41 Å². The molecular formula is C19H31N. The second-order valence-electron chi connectivity index (χ2n) is 8.53. The van der Waals surface area contributed by atoms with Gasteiger partial charge in [0.05, 0.1) is 0 Å². The summed E-state index contributed by atoms with van der Waals surface area (Å²) in [5.74, 6) is 0.763. The van der Waals surface area contributed by atoms with E-state index in [1.165, 1.54) is 18.4 Å². The van der Waals surface area contributed by atoms with Crippen LogP contribution in [0.1, 0.15) is 66.0 Å². The van der Waals surface area contributed by atoms with Crippen LogP contribution in [0, 0.1) is 16.7 Å². The Morgan fingerprint density at radius 3 is 2.15 bits per heavy atom. The molecule has 1 aliphatic carbocycles. The van der Waals surface area contributed by atoms with Crippen molar-refractivity contribution >= 4 is 0 Å². The van der Waals surface area contributed by atoms with Crippen molar-refractivity contribution in [3.63, 3.8) is 0 Å². The summed E-state index contributed by atoms with van der Waals surface area (Å²) in [6.45, 7) is 14.2. The van der Waals surface area contributed by atoms with Crippen LogP contribution in [0.2, 0.25) is 0 Å². The molecule has 3 atom stereocenters. The van der Waals surface area contributed by atoms with Crippen molar-refractivity contribution in [1.29, 1.82) is 0 Å². The second kappa shape index (κ2) is 5.52. The van der Waals surface area contributed by atoms with Crippen molar-refractivity contribution in [2.45, 2.75) is 66.5 Å². The maximum atomic E-state index is 3.98. The van der Waals surface area contributed by atoms with Crippen LogP contribution in [0.3, 0.4) is 0 Å². The molecule has 0 amide bonds. The van der Waals surface area contributed by atoms with Gasteiger partial charge < -0.3 is 5.32 Å². The fourth-order valence-electron chi connectivity index (χ4n) is 3.82. The van der Waals surface area contributed by atoms with Gasteiger partial charge in [-0.3, -0.25) is 0 Å². The Balaban J connectivity index is 2.18. The van der Waals surface area contributed by atoms with Crippen molar-refractivity contribution in [2.75, 3.05) is 0 Å². The zero-order valence-corrected chi connectivity index (χ0v) is 14.0. The quantitative estimate of drug-likeness (QED) is 0.799. The first-order chi connectivity index (χ1) is 9.19. The lowest BCUT2D eigenvalue weighted by Gasteiger charge is -2.36. The lowest BCUT2D eigenvalue weighted by Crippen LogP contribution is -2.40. The van der Waals surface area contributed by atoms with Crippen LogP contribution in [0.5, 0.6) is 0 Å². The Hall–Kier alpha value is -0.820. The smallest absolute Gasteiger partial charge is 0.0371 e. The summed E-state index contributed by atoms with van der Waals surface area (Å²) >= 11 is 0. The van der Waals surface area contributed by atoms with E-state index >= 15 is 0 Å². The Morgan fingerprint density at radius 1 is 1.10 bits per heavy atom. The summed E-state index contributed by atoms with van der Waals surface area (Å²) in [5.41, 5.74) is 2.13. The van der Waals surface area contributed by atoms with Gasteiger partial charge in [0.1, 0.15) is 0 Å². The summed E-state index contributed by atoms with van der Waals surface area (Å²) in [4.78, 5) is 0. The third kappa shape index (κ3) is 3.63. The Labute approximate surface area is 125 Å². The average molecular weight is 273 g/mol. The van der Waals surface area contributed by atoms with E-state index in [9.17, 15) is 0 Å². The molecular weight excluding hydrogens is 242 g/mol. The molecule has 1 aromatic carbocycles. The Morgan fingerprint density at radius 2 is 1.70 bits per heavy atom. The molecule has 2 rings (SSSR count). The Bertz CT molecular complexity index is 427. The fraction of sp³-hybridized carbons (Fsp3) is 0.684. The van der Waals surface area contributed by atoms with Gasteiger partial charge in [-0.2, -0.15) is 0 Å². The summed E-state index contributed by atoms with van der Waals surface area (Å²) in [7, 11) is 0. The van der Waals surface area contributed by atoms with Gasteiger partial charge in [0.15, 0.2) is 0 Å². The number of hydrogen-bond acceptors (Lipinski definition) is 1. The molecule has 0 bridgehead atoms. The number of nitrogens with one attached hydrogen (secondary N) is 1. The molecule has 0 spiro atoms. The van der Waals surface area contributed by atoms with Gasteiger partial charge in [0, 0.05) is 12.1 Å². The molecule has 112 valence electrons. The number of rotatable bonds is 3. The minimum Gasteiger partial charge on any atom is -0.306 e. The highest BCUT2D eigenvalue weighted by Crippen LogP contribution is 2.43. The van der Waals surface area contributed by atoms with Gasteiger partial charge >= 0.3 is 0 Å². The van der Waals surface area contributed by atoms with Crippen molar-refractivity contribution in [2.24, 2.45) is 16.7 Å². The Kier molecular flexibility index (Phi) is 4.30. The van der Waals surface area contributed by atoms with E-state index in [1.807, 2.05) is 0 Å². The number of benzene rings is 1. The second-order valence-corrected chi connectivity index (χ2v) is 8.53. The molecule has 1 nitrogen and oxygen atoms in total. The van der Waals surface area contributed by atoms with Gasteiger partial charge in [-0.15, -0.1) is 0 Å². The standard InChI is InChI=1S/C19H31N/c1-14-12-19(5,6)13-16(14)20-17(18(2,3)4)15-10-8-7-9-11-15/h7-11,14,16-17,20H,12-13H2,1-6H3. The van der Waals surface area contributed by atoms with Crippen LogP contribution in [-0.2, 0) is 0 Å². The predicted octanol–water partition coefficient (Wildman–Crippen LogP) is 5.19. The third-order valence-electron chi connectivity index (χ3n) is 4.71. The summed E-state index contributed by atoms with van der Waals surface area (Å²) in [6, 6.07) is 12.0. The molecule has 0 heterocycles. The van der Waals surface area contributed by atoms with Crippen molar-refractivity contribution in [3.8, 4) is 0 Å². The van der Waals surface area contributed by atoms with Crippen molar-refractivity contribution in [3.05, 3.63) is 35.9 Å². The molecule has 0 saturated heterocycles. The highest BCUT2D eigenvalue weighted by molar-refractivity contribution is 5.21. The van der Waals surface area contributed by atoms with Crippen LogP contribution in [0.25, 0.3) is 0 Å². The van der Waals surface area contributed by atoms with Gasteiger partial charge in [0.2, 0.25) is 0 Å². The molecule has 1 aromatic rings. The molecule has 1 N–H and O–H groups in total. The highest BCUT2D eigenvalue weighted by Gasteiger charge is 2.39. The van der Waals surface area contributed by atoms with Crippen molar-refractivity contribution < 1.29 is 0 Å². The van der Waals surface area contributed by atoms with E-state index in [0.717, 1.165) is 5.92 Å². The first-order valence-corrected chi connectivity index (χ1v) is 8.00. The van der Waals surface area contributed by atoms with E-state index in [1.54, 1.807) is 0 Å². The largest absolute Gasteiger partial charge is 0.306 e. The van der Waals surface area contributed by atoms with E-state index in [4.69, 9.17) is 0 Å². The van der Waals surface area contributed by atoms with Crippen LogP contribution >= 0.6 is 0 Å². The summed E-state index contributed by atoms with van der Waals surface area (Å²) in [5, 5.41) is 3.98. The molecule has 3 unspecified atom stereocenters. The maximum absolute atomic E-state index is 3.98. The van der Waals surface area contributed by atoms with Crippen LogP contribution < -0.4 is 5.32 Å². The molecule has 1 fully saturated rings. The van der Waals surface area contributed by atoms with Crippen LogP contribution in [0.15, 0.2) is 30.3 Å². The first-order valence-electron chi connectivity index (χ1n) is 8.00. The van der Waals surface area contributed by atoms with Gasteiger partial charge in [-0.05, 0) is 35.2 Å².